The number of fused-ring (bicyclic) bond motifs is 5. The van der Waals surface area contributed by atoms with Crippen LogP contribution in [-0.4, -0.2) is 27.2 Å². The van der Waals surface area contributed by atoms with Crippen LogP contribution in [0.1, 0.15) is 79.0 Å². The lowest BCUT2D eigenvalue weighted by Crippen LogP contribution is -2.27. The minimum atomic E-state index is 0.290. The summed E-state index contributed by atoms with van der Waals surface area (Å²) < 4.78 is 0. The molecule has 4 aliphatic heterocycles. The second-order valence-electron chi connectivity index (χ2n) is 10.1. The Morgan fingerprint density at radius 1 is 0.676 bits per heavy atom. The highest BCUT2D eigenvalue weighted by atomic mass is 16.3. The van der Waals surface area contributed by atoms with Crippen LogP contribution in [-0.2, 0) is 0 Å². The molecule has 0 spiro atoms. The third-order valence-electron chi connectivity index (χ3n) is 8.01. The zero-order valence-corrected chi connectivity index (χ0v) is 23.2. The van der Waals surface area contributed by atoms with Crippen LogP contribution in [0, 0.1) is 6.92 Å². The van der Waals surface area contributed by atoms with E-state index < -0.39 is 0 Å². The van der Waals surface area contributed by atoms with Gasteiger partial charge in [0.1, 0.15) is 0 Å². The Morgan fingerprint density at radius 2 is 1.19 bits per heavy atom. The van der Waals surface area contributed by atoms with Gasteiger partial charge in [0.2, 0.25) is 0 Å². The Bertz CT molecular complexity index is 1650. The quantitative estimate of drug-likeness (QED) is 0.500. The fourth-order valence-electron chi connectivity index (χ4n) is 5.89. The van der Waals surface area contributed by atoms with Gasteiger partial charge in [-0.05, 0) is 117 Å². The number of aliphatic hydroxyl groups excluding tert-OH is 1. The van der Waals surface area contributed by atoms with Gasteiger partial charge in [0.15, 0.2) is 0 Å². The third-order valence-corrected chi connectivity index (χ3v) is 8.01. The Balaban J connectivity index is 1.89. The lowest BCUT2D eigenvalue weighted by molar-refractivity contribution is 0.498. The highest BCUT2D eigenvalue weighted by Crippen LogP contribution is 2.35. The molecule has 0 amide bonds. The monoisotopic (exact) mass is 492 g/mol. The number of allylic oxidation sites excluding steroid dienone is 8. The number of rotatable bonds is 3. The Labute approximate surface area is 219 Å². The number of nitrogens with one attached hydrogen (secondary N) is 1. The van der Waals surface area contributed by atoms with E-state index in [1.165, 1.54) is 33.4 Å². The van der Waals surface area contributed by atoms with Gasteiger partial charge < -0.3 is 10.1 Å². The first-order valence-electron chi connectivity index (χ1n) is 13.3. The first kappa shape index (κ1) is 24.9. The molecule has 5 heterocycles. The van der Waals surface area contributed by atoms with Gasteiger partial charge in [-0.2, -0.15) is 0 Å². The Hall–Kier alpha value is -3.73. The standard InChI is InChI=1S/C32H36N4O/c1-9-21-16(4)24-12-25-17(5)23(11-3)30(34-25)15-31-32(20(8)37)19(7)27(36-31)14-29-22(10-2)18(6)26(35-29)13-28(21)33-24/h12-15,36-37H,9-11H2,1-8H3. The van der Waals surface area contributed by atoms with Gasteiger partial charge in [-0.1, -0.05) is 20.8 Å². The van der Waals surface area contributed by atoms with Crippen molar-refractivity contribution < 1.29 is 5.11 Å². The molecule has 0 fully saturated rings. The van der Waals surface area contributed by atoms with Crippen molar-refractivity contribution in [1.82, 2.24) is 4.98 Å². The molecule has 5 rings (SSSR count). The fraction of sp³-hybridized carbons (Fsp3) is 0.344. The topological polar surface area (TPSA) is 73.1 Å². The van der Waals surface area contributed by atoms with Gasteiger partial charge >= 0.3 is 0 Å². The van der Waals surface area contributed by atoms with Crippen molar-refractivity contribution in [3.05, 3.63) is 84.5 Å². The number of aromatic nitrogens is 1. The zero-order chi connectivity index (χ0) is 26.6. The summed E-state index contributed by atoms with van der Waals surface area (Å²) in [6, 6.07) is 0. The molecular formula is C32H36N4O. The molecule has 4 aliphatic rings. The van der Waals surface area contributed by atoms with Gasteiger partial charge in [0.05, 0.1) is 45.3 Å². The molecule has 0 aliphatic carbocycles. The number of hydrogen-bond acceptors (Lipinski definition) is 4. The van der Waals surface area contributed by atoms with Crippen LogP contribution >= 0.6 is 0 Å². The van der Waals surface area contributed by atoms with E-state index in [4.69, 9.17) is 15.0 Å². The Morgan fingerprint density at radius 3 is 1.73 bits per heavy atom. The first-order chi connectivity index (χ1) is 17.7. The van der Waals surface area contributed by atoms with E-state index in [0.717, 1.165) is 75.3 Å². The molecule has 0 radical (unpaired) electrons. The van der Waals surface area contributed by atoms with Crippen LogP contribution in [0.2, 0.25) is 0 Å². The molecule has 0 atom stereocenters. The maximum Gasteiger partial charge on any atom is 0.0988 e. The van der Waals surface area contributed by atoms with E-state index in [-0.39, 0.29) is 5.76 Å². The molecule has 0 unspecified atom stereocenters. The van der Waals surface area contributed by atoms with Crippen LogP contribution < -0.4 is 10.6 Å². The predicted octanol–water partition coefficient (Wildman–Crippen LogP) is 6.46. The highest BCUT2D eigenvalue weighted by Gasteiger charge is 2.25. The second-order valence-corrected chi connectivity index (χ2v) is 10.1. The van der Waals surface area contributed by atoms with Gasteiger partial charge in [-0.3, -0.25) is 0 Å². The van der Waals surface area contributed by atoms with Gasteiger partial charge in [-0.15, -0.1) is 0 Å². The number of nitrogens with zero attached hydrogens (tertiary/aromatic N) is 3. The van der Waals surface area contributed by atoms with Gasteiger partial charge in [0.25, 0.3) is 0 Å². The maximum absolute atomic E-state index is 10.6. The molecule has 5 heteroatoms. The smallest absolute Gasteiger partial charge is 0.0988 e. The van der Waals surface area contributed by atoms with Crippen LogP contribution in [0.4, 0.5) is 0 Å². The van der Waals surface area contributed by atoms with Crippen molar-refractivity contribution >= 4 is 35.0 Å². The molecule has 0 saturated heterocycles. The summed E-state index contributed by atoms with van der Waals surface area (Å²) in [4.78, 5) is 18.8. The van der Waals surface area contributed by atoms with Crippen LogP contribution in [0.5, 0.6) is 0 Å². The maximum atomic E-state index is 10.6. The molecule has 190 valence electrons. The van der Waals surface area contributed by atoms with E-state index in [1.54, 1.807) is 6.92 Å². The van der Waals surface area contributed by atoms with E-state index >= 15 is 0 Å². The summed E-state index contributed by atoms with van der Waals surface area (Å²) in [7, 11) is 0. The van der Waals surface area contributed by atoms with Crippen LogP contribution in [0.15, 0.2) is 77.7 Å². The van der Waals surface area contributed by atoms with Crippen molar-refractivity contribution in [2.45, 2.75) is 74.7 Å². The average molecular weight is 493 g/mol. The molecule has 1 aromatic heterocycles. The first-order valence-corrected chi connectivity index (χ1v) is 13.3. The van der Waals surface area contributed by atoms with Crippen LogP contribution in [0.3, 0.4) is 0 Å². The van der Waals surface area contributed by atoms with Crippen molar-refractivity contribution in [2.75, 3.05) is 0 Å². The lowest BCUT2D eigenvalue weighted by Gasteiger charge is -2.03. The summed E-state index contributed by atoms with van der Waals surface area (Å²) >= 11 is 0. The summed E-state index contributed by atoms with van der Waals surface area (Å²) in [5, 5.41) is 12.3. The molecular weight excluding hydrogens is 456 g/mol. The van der Waals surface area contributed by atoms with Crippen molar-refractivity contribution in [3.63, 3.8) is 0 Å². The summed E-state index contributed by atoms with van der Waals surface area (Å²) in [6.45, 7) is 16.8. The van der Waals surface area contributed by atoms with E-state index in [9.17, 15) is 5.11 Å². The average Bonchev–Trinajstić information content (AvgIpc) is 3.51. The number of aliphatic imine (C=N–C) groups is 3. The van der Waals surface area contributed by atoms with E-state index in [1.807, 2.05) is 6.92 Å². The predicted molar refractivity (Wildman–Crippen MR) is 156 cm³/mol. The summed E-state index contributed by atoms with van der Waals surface area (Å²) in [6.07, 6.45) is 11.1. The third kappa shape index (κ3) is 3.97. The molecule has 0 aromatic carbocycles. The van der Waals surface area contributed by atoms with E-state index in [0.29, 0.717) is 0 Å². The second kappa shape index (κ2) is 9.29. The largest absolute Gasteiger partial charge is 0.512 e. The Kier molecular flexibility index (Phi) is 6.26. The summed E-state index contributed by atoms with van der Waals surface area (Å²) in [5.41, 5.74) is 15.0. The minimum Gasteiger partial charge on any atom is -0.512 e. The molecule has 1 aromatic rings. The lowest BCUT2D eigenvalue weighted by atomic mass is 9.99. The van der Waals surface area contributed by atoms with Crippen LogP contribution in [0.25, 0.3) is 17.9 Å². The molecule has 0 saturated carbocycles. The normalized spacial score (nSPS) is 20.0. The van der Waals surface area contributed by atoms with E-state index in [2.05, 4.69) is 70.8 Å². The molecule has 5 nitrogen and oxygen atoms in total. The number of hydrogen-bond donors (Lipinski definition) is 2. The molecule has 8 bridgehead atoms. The van der Waals surface area contributed by atoms with Gasteiger partial charge in [0, 0.05) is 10.9 Å². The van der Waals surface area contributed by atoms with Crippen molar-refractivity contribution in [3.8, 4) is 0 Å². The molecule has 2 N–H and O–H groups in total. The zero-order valence-electron chi connectivity index (χ0n) is 23.2. The number of aliphatic hydroxyl groups is 1. The molecule has 37 heavy (non-hydrogen) atoms. The van der Waals surface area contributed by atoms with Gasteiger partial charge in [-0.25, -0.2) is 15.0 Å². The minimum absolute atomic E-state index is 0.290. The highest BCUT2D eigenvalue weighted by molar-refractivity contribution is 6.24. The van der Waals surface area contributed by atoms with Crippen molar-refractivity contribution in [1.29, 1.82) is 0 Å². The number of aromatic amines is 1. The fourth-order valence-corrected chi connectivity index (χ4v) is 5.89. The SMILES string of the molecule is CCC1=C(C)C2=NC1=CC1=NC(=Cc3[nH]c(c(=C(C)O)c3C)=CC3=NC(=C2)C(C)=C3CC)C(CC)=C1C. The number of H-pyrrole nitrogens is 1. The summed E-state index contributed by atoms with van der Waals surface area (Å²) in [5.74, 6) is 0.290. The van der Waals surface area contributed by atoms with Crippen molar-refractivity contribution in [2.24, 2.45) is 15.0 Å².